The molecule has 0 aliphatic rings. The Morgan fingerprint density at radius 1 is 1.15 bits per heavy atom. The van der Waals surface area contributed by atoms with Crippen LogP contribution in [0, 0.1) is 6.92 Å². The maximum absolute atomic E-state index is 9.16. The lowest BCUT2D eigenvalue weighted by molar-refractivity contribution is 0.621. The molecule has 74 valence electrons. The SMILES string of the molecule is Cc1ccc(S)cc1.O=S(=O)(Cl)Cl. The van der Waals surface area contributed by atoms with E-state index >= 15 is 0 Å². The van der Waals surface area contributed by atoms with Crippen LogP contribution < -0.4 is 0 Å². The highest BCUT2D eigenvalue weighted by Crippen LogP contribution is 2.05. The van der Waals surface area contributed by atoms with Crippen molar-refractivity contribution >= 4 is 42.3 Å². The molecule has 0 aromatic heterocycles. The van der Waals surface area contributed by atoms with Gasteiger partial charge in [-0.15, -0.1) is 12.6 Å². The van der Waals surface area contributed by atoms with Crippen LogP contribution in [-0.2, 0) is 8.26 Å². The van der Waals surface area contributed by atoms with E-state index in [0.717, 1.165) is 4.90 Å². The van der Waals surface area contributed by atoms with Gasteiger partial charge in [-0.05, 0) is 19.1 Å². The number of hydrogen-bond donors (Lipinski definition) is 1. The van der Waals surface area contributed by atoms with E-state index in [1.165, 1.54) is 5.56 Å². The van der Waals surface area contributed by atoms with E-state index in [4.69, 9.17) is 8.42 Å². The predicted octanol–water partition coefficient (Wildman–Crippen LogP) is 2.99. The Morgan fingerprint density at radius 2 is 1.46 bits per heavy atom. The molecular weight excluding hydrogens is 251 g/mol. The summed E-state index contributed by atoms with van der Waals surface area (Å²) in [5.74, 6) is 0. The lowest BCUT2D eigenvalue weighted by Gasteiger charge is -1.89. The van der Waals surface area contributed by atoms with Gasteiger partial charge in [0.05, 0.1) is 0 Å². The van der Waals surface area contributed by atoms with Crippen LogP contribution in [0.1, 0.15) is 5.56 Å². The minimum Gasteiger partial charge on any atom is -0.195 e. The molecule has 0 amide bonds. The first-order valence-corrected chi connectivity index (χ1v) is 6.77. The van der Waals surface area contributed by atoms with Crippen LogP contribution in [0.15, 0.2) is 29.2 Å². The van der Waals surface area contributed by atoms with Crippen LogP contribution in [0.4, 0.5) is 0 Å². The highest BCUT2D eigenvalue weighted by atomic mass is 36.0. The molecule has 1 aromatic carbocycles. The molecule has 0 heterocycles. The maximum atomic E-state index is 9.16. The van der Waals surface area contributed by atoms with Crippen LogP contribution in [0.3, 0.4) is 0 Å². The molecule has 0 fully saturated rings. The van der Waals surface area contributed by atoms with Crippen molar-refractivity contribution < 1.29 is 8.42 Å². The summed E-state index contributed by atoms with van der Waals surface area (Å²) in [7, 11) is 4.81. The van der Waals surface area contributed by atoms with Gasteiger partial charge in [-0.25, -0.2) is 0 Å². The van der Waals surface area contributed by atoms with E-state index in [2.05, 4.69) is 40.9 Å². The average molecular weight is 259 g/mol. The van der Waals surface area contributed by atoms with Crippen molar-refractivity contribution in [2.75, 3.05) is 0 Å². The fraction of sp³-hybridized carbons (Fsp3) is 0.143. The molecule has 1 rings (SSSR count). The topological polar surface area (TPSA) is 34.1 Å². The highest BCUT2D eigenvalue weighted by Gasteiger charge is 1.88. The minimum atomic E-state index is -3.72. The normalized spacial score (nSPS) is 10.2. The summed E-state index contributed by atoms with van der Waals surface area (Å²) >= 11 is 4.13. The van der Waals surface area contributed by atoms with Gasteiger partial charge in [-0.3, -0.25) is 0 Å². The van der Waals surface area contributed by atoms with Gasteiger partial charge in [0, 0.05) is 26.3 Å². The van der Waals surface area contributed by atoms with E-state index in [-0.39, 0.29) is 0 Å². The smallest absolute Gasteiger partial charge is 0.195 e. The van der Waals surface area contributed by atoms with Crippen molar-refractivity contribution in [1.29, 1.82) is 0 Å². The van der Waals surface area contributed by atoms with Crippen molar-refractivity contribution in [1.82, 2.24) is 0 Å². The largest absolute Gasteiger partial charge is 0.317 e. The molecule has 0 saturated heterocycles. The van der Waals surface area contributed by atoms with Gasteiger partial charge in [0.25, 0.3) is 0 Å². The second kappa shape index (κ2) is 5.75. The Morgan fingerprint density at radius 3 is 1.69 bits per heavy atom. The number of hydrogen-bond acceptors (Lipinski definition) is 3. The monoisotopic (exact) mass is 258 g/mol. The summed E-state index contributed by atoms with van der Waals surface area (Å²) in [4.78, 5) is 1.02. The fourth-order valence-corrected chi connectivity index (χ4v) is 0.694. The Hall–Kier alpha value is 0.1000. The fourth-order valence-electron chi connectivity index (χ4n) is 0.545. The van der Waals surface area contributed by atoms with Crippen LogP contribution in [-0.4, -0.2) is 8.42 Å². The summed E-state index contributed by atoms with van der Waals surface area (Å²) in [6.07, 6.45) is 0. The zero-order valence-electron chi connectivity index (χ0n) is 6.74. The van der Waals surface area contributed by atoms with E-state index < -0.39 is 8.26 Å². The summed E-state index contributed by atoms with van der Waals surface area (Å²) in [6, 6.07) is 8.06. The van der Waals surface area contributed by atoms with Crippen molar-refractivity contribution in [3.05, 3.63) is 29.8 Å². The lowest BCUT2D eigenvalue weighted by atomic mass is 10.2. The quantitative estimate of drug-likeness (QED) is 0.574. The third-order valence-corrected chi connectivity index (χ3v) is 1.33. The van der Waals surface area contributed by atoms with Crippen molar-refractivity contribution in [2.24, 2.45) is 0 Å². The average Bonchev–Trinajstić information content (AvgIpc) is 1.92. The molecule has 2 nitrogen and oxygen atoms in total. The zero-order chi connectivity index (χ0) is 10.5. The molecular formula is C7H8Cl2O2S2. The second-order valence-electron chi connectivity index (χ2n) is 2.21. The molecule has 0 spiro atoms. The molecule has 0 aliphatic carbocycles. The van der Waals surface area contributed by atoms with Crippen LogP contribution in [0.2, 0.25) is 0 Å². The second-order valence-corrected chi connectivity index (χ2v) is 6.40. The summed E-state index contributed by atoms with van der Waals surface area (Å²) in [5, 5.41) is 0. The molecule has 13 heavy (non-hydrogen) atoms. The molecule has 0 aliphatic heterocycles. The third-order valence-electron chi connectivity index (χ3n) is 1.03. The van der Waals surface area contributed by atoms with E-state index in [1.807, 2.05) is 24.3 Å². The Bertz CT molecular complexity index is 316. The number of halogens is 2. The van der Waals surface area contributed by atoms with Crippen LogP contribution in [0.25, 0.3) is 0 Å². The summed E-state index contributed by atoms with van der Waals surface area (Å²) < 4.78 is 18.3. The molecule has 0 bridgehead atoms. The first-order valence-electron chi connectivity index (χ1n) is 3.19. The van der Waals surface area contributed by atoms with E-state index in [1.54, 1.807) is 0 Å². The molecule has 0 radical (unpaired) electrons. The van der Waals surface area contributed by atoms with Gasteiger partial charge in [-0.2, -0.15) is 8.42 Å². The number of thiol groups is 1. The Labute approximate surface area is 92.2 Å². The van der Waals surface area contributed by atoms with Crippen molar-refractivity contribution in [3.8, 4) is 0 Å². The van der Waals surface area contributed by atoms with Gasteiger partial charge in [0.15, 0.2) is 0 Å². The predicted molar refractivity (Wildman–Crippen MR) is 59.1 cm³/mol. The highest BCUT2D eigenvalue weighted by molar-refractivity contribution is 8.31. The van der Waals surface area contributed by atoms with Crippen LogP contribution in [0.5, 0.6) is 0 Å². The number of aryl methyl sites for hydroxylation is 1. The molecule has 0 unspecified atom stereocenters. The minimum absolute atomic E-state index is 1.02. The first kappa shape index (κ1) is 13.1. The first-order chi connectivity index (χ1) is 5.79. The van der Waals surface area contributed by atoms with Crippen molar-refractivity contribution in [2.45, 2.75) is 11.8 Å². The lowest BCUT2D eigenvalue weighted by Crippen LogP contribution is -1.67. The van der Waals surface area contributed by atoms with Gasteiger partial charge in [0.1, 0.15) is 0 Å². The number of benzene rings is 1. The van der Waals surface area contributed by atoms with Gasteiger partial charge in [0.2, 0.25) is 0 Å². The van der Waals surface area contributed by atoms with E-state index in [0.29, 0.717) is 0 Å². The standard InChI is InChI=1S/C7H8S.Cl2O2S/c1-6-2-4-7(8)5-3-6;1-5(2,3)4/h2-5,8H,1H3;. The van der Waals surface area contributed by atoms with E-state index in [9.17, 15) is 0 Å². The molecule has 6 heteroatoms. The molecule has 0 saturated carbocycles. The molecule has 0 N–H and O–H groups in total. The summed E-state index contributed by atoms with van der Waals surface area (Å²) in [6.45, 7) is 2.06. The Kier molecular flexibility index (Phi) is 5.80. The third kappa shape index (κ3) is 12.1. The Balaban J connectivity index is 0.000000252. The molecule has 0 atom stereocenters. The molecule has 1 aromatic rings. The van der Waals surface area contributed by atoms with Crippen LogP contribution >= 0.6 is 34.0 Å². The van der Waals surface area contributed by atoms with Gasteiger partial charge >= 0.3 is 8.26 Å². The van der Waals surface area contributed by atoms with Gasteiger partial charge in [-0.1, -0.05) is 17.7 Å². The van der Waals surface area contributed by atoms with Crippen molar-refractivity contribution in [3.63, 3.8) is 0 Å². The van der Waals surface area contributed by atoms with Gasteiger partial charge < -0.3 is 0 Å². The zero-order valence-corrected chi connectivity index (χ0v) is 9.96. The number of rotatable bonds is 0. The summed E-state index contributed by atoms with van der Waals surface area (Å²) in [5.41, 5.74) is 1.28. The maximum Gasteiger partial charge on any atom is 0.317 e.